The Kier molecular flexibility index (Phi) is 3.97. The average Bonchev–Trinajstić information content (AvgIpc) is 2.19. The summed E-state index contributed by atoms with van der Waals surface area (Å²) in [6.07, 6.45) is 0. The van der Waals surface area contributed by atoms with E-state index >= 15 is 0 Å². The molecule has 0 aliphatic heterocycles. The maximum Gasteiger partial charge on any atom is 0.337 e. The number of nitrogens with one attached hydrogen (secondary N) is 1. The van der Waals surface area contributed by atoms with Crippen LogP contribution >= 0.6 is 11.6 Å². The minimum atomic E-state index is -3.74. The van der Waals surface area contributed by atoms with Crippen LogP contribution in [0.15, 0.2) is 18.2 Å². The largest absolute Gasteiger partial charge is 0.478 e. The quantitative estimate of drug-likeness (QED) is 0.868. The van der Waals surface area contributed by atoms with E-state index in [2.05, 4.69) is 4.72 Å². The highest BCUT2D eigenvalue weighted by atomic mass is 35.5. The van der Waals surface area contributed by atoms with Crippen molar-refractivity contribution in [3.05, 3.63) is 28.8 Å². The highest BCUT2D eigenvalue weighted by molar-refractivity contribution is 7.90. The summed E-state index contributed by atoms with van der Waals surface area (Å²) in [5, 5.41) is 9.14. The van der Waals surface area contributed by atoms with Crippen LogP contribution in [0.5, 0.6) is 0 Å². The fourth-order valence-corrected chi connectivity index (χ4v) is 1.82. The lowest BCUT2D eigenvalue weighted by Gasteiger charge is -2.14. The monoisotopic (exact) mass is 278 g/mol. The Morgan fingerprint density at radius 3 is 2.47 bits per heavy atom. The highest BCUT2D eigenvalue weighted by Crippen LogP contribution is 2.22. The molecule has 0 aromatic heterocycles. The third kappa shape index (κ3) is 3.32. The zero-order valence-corrected chi connectivity index (χ0v) is 10.7. The number of nitrogens with zero attached hydrogens (tertiary/aromatic N) is 1. The summed E-state index contributed by atoms with van der Waals surface area (Å²) >= 11 is 5.64. The molecule has 0 spiro atoms. The molecular weight excluding hydrogens is 268 g/mol. The van der Waals surface area contributed by atoms with E-state index in [-0.39, 0.29) is 16.3 Å². The number of carboxylic acids is 1. The van der Waals surface area contributed by atoms with Crippen LogP contribution in [0.3, 0.4) is 0 Å². The molecule has 2 N–H and O–H groups in total. The van der Waals surface area contributed by atoms with Crippen LogP contribution in [0.2, 0.25) is 5.02 Å². The van der Waals surface area contributed by atoms with Crippen molar-refractivity contribution in [2.45, 2.75) is 0 Å². The molecule has 0 bridgehead atoms. The van der Waals surface area contributed by atoms with Gasteiger partial charge in [-0.25, -0.2) is 4.79 Å². The van der Waals surface area contributed by atoms with Crippen LogP contribution in [0, 0.1) is 0 Å². The molecule has 0 saturated carbocycles. The topological polar surface area (TPSA) is 86.7 Å². The molecule has 1 aromatic rings. The lowest BCUT2D eigenvalue weighted by atomic mass is 10.2. The minimum absolute atomic E-state index is 0.0319. The third-order valence-corrected chi connectivity index (χ3v) is 3.61. The number of hydrogen-bond donors (Lipinski definition) is 2. The van der Waals surface area contributed by atoms with Gasteiger partial charge in [0, 0.05) is 19.1 Å². The predicted molar refractivity (Wildman–Crippen MR) is 64.6 cm³/mol. The van der Waals surface area contributed by atoms with Gasteiger partial charge >= 0.3 is 16.2 Å². The Hall–Kier alpha value is -1.31. The molecule has 0 fully saturated rings. The normalized spacial score (nSPS) is 11.5. The molecule has 1 aromatic carbocycles. The highest BCUT2D eigenvalue weighted by Gasteiger charge is 2.18. The first-order valence-electron chi connectivity index (χ1n) is 4.47. The van der Waals surface area contributed by atoms with E-state index in [1.165, 1.54) is 32.3 Å². The lowest BCUT2D eigenvalue weighted by molar-refractivity contribution is 0.0698. The van der Waals surface area contributed by atoms with Crippen LogP contribution in [-0.4, -0.2) is 37.9 Å². The van der Waals surface area contributed by atoms with Gasteiger partial charge < -0.3 is 5.11 Å². The standard InChI is InChI=1S/C9H11ClN2O4S/c1-12(2)17(15,16)11-8-4-3-6(10)5-7(8)9(13)14/h3-5,11H,1-2H3,(H,13,14). The van der Waals surface area contributed by atoms with Gasteiger partial charge in [-0.3, -0.25) is 4.72 Å². The summed E-state index contributed by atoms with van der Waals surface area (Å²) in [7, 11) is -1.08. The molecule has 0 aliphatic carbocycles. The second kappa shape index (κ2) is 4.91. The van der Waals surface area contributed by atoms with Crippen LogP contribution in [0.4, 0.5) is 5.69 Å². The Balaban J connectivity index is 3.20. The summed E-state index contributed by atoms with van der Waals surface area (Å²) < 4.78 is 26.2. The lowest BCUT2D eigenvalue weighted by Crippen LogP contribution is -2.29. The van der Waals surface area contributed by atoms with Crippen molar-refractivity contribution in [3.8, 4) is 0 Å². The molecule has 1 rings (SSSR count). The molecule has 8 heteroatoms. The van der Waals surface area contributed by atoms with Gasteiger partial charge in [-0.05, 0) is 18.2 Å². The summed E-state index contributed by atoms with van der Waals surface area (Å²) in [6.45, 7) is 0. The van der Waals surface area contributed by atoms with E-state index in [4.69, 9.17) is 16.7 Å². The maximum absolute atomic E-state index is 11.5. The maximum atomic E-state index is 11.5. The van der Waals surface area contributed by atoms with Crippen LogP contribution in [0.25, 0.3) is 0 Å². The van der Waals surface area contributed by atoms with E-state index in [9.17, 15) is 13.2 Å². The fourth-order valence-electron chi connectivity index (χ4n) is 1.01. The number of carboxylic acid groups (broad SMARTS) is 1. The number of aromatic carboxylic acids is 1. The van der Waals surface area contributed by atoms with Crippen LogP contribution in [0.1, 0.15) is 10.4 Å². The second-order valence-electron chi connectivity index (χ2n) is 3.38. The van der Waals surface area contributed by atoms with Crippen molar-refractivity contribution in [3.63, 3.8) is 0 Å². The first-order chi connectivity index (χ1) is 7.74. The van der Waals surface area contributed by atoms with E-state index in [1.54, 1.807) is 0 Å². The Morgan fingerprint density at radius 1 is 1.41 bits per heavy atom. The molecule has 0 atom stereocenters. The second-order valence-corrected chi connectivity index (χ2v) is 5.71. The van der Waals surface area contributed by atoms with Gasteiger partial charge in [0.05, 0.1) is 11.3 Å². The molecule has 0 heterocycles. The van der Waals surface area contributed by atoms with Gasteiger partial charge in [-0.1, -0.05) is 11.6 Å². The zero-order chi connectivity index (χ0) is 13.2. The SMILES string of the molecule is CN(C)S(=O)(=O)Nc1ccc(Cl)cc1C(=O)O. The van der Waals surface area contributed by atoms with Gasteiger partial charge in [0.1, 0.15) is 0 Å². The average molecular weight is 279 g/mol. The van der Waals surface area contributed by atoms with Crippen molar-refractivity contribution in [2.75, 3.05) is 18.8 Å². The summed E-state index contributed by atoms with van der Waals surface area (Å²) in [4.78, 5) is 10.9. The zero-order valence-electron chi connectivity index (χ0n) is 9.14. The van der Waals surface area contributed by atoms with Gasteiger partial charge in [-0.15, -0.1) is 0 Å². The molecule has 17 heavy (non-hydrogen) atoms. The number of rotatable bonds is 4. The van der Waals surface area contributed by atoms with Crippen LogP contribution < -0.4 is 4.72 Å². The van der Waals surface area contributed by atoms with Gasteiger partial charge in [-0.2, -0.15) is 12.7 Å². The molecule has 0 aliphatic rings. The van der Waals surface area contributed by atoms with Gasteiger partial charge in [0.2, 0.25) is 0 Å². The van der Waals surface area contributed by atoms with Crippen molar-refractivity contribution in [1.29, 1.82) is 0 Å². The molecule has 0 unspecified atom stereocenters. The van der Waals surface area contributed by atoms with E-state index < -0.39 is 16.2 Å². The third-order valence-electron chi connectivity index (χ3n) is 1.93. The van der Waals surface area contributed by atoms with Gasteiger partial charge in [0.15, 0.2) is 0 Å². The van der Waals surface area contributed by atoms with Crippen LogP contribution in [-0.2, 0) is 10.2 Å². The summed E-state index contributed by atoms with van der Waals surface area (Å²) in [5.41, 5.74) is -0.237. The van der Waals surface area contributed by atoms with Crippen molar-refractivity contribution >= 4 is 33.5 Å². The number of benzene rings is 1. The van der Waals surface area contributed by atoms with Gasteiger partial charge in [0.25, 0.3) is 0 Å². The number of anilines is 1. The molecular formula is C9H11ClN2O4S. The molecule has 0 amide bonds. The van der Waals surface area contributed by atoms with Crippen molar-refractivity contribution in [1.82, 2.24) is 4.31 Å². The Bertz CT molecular complexity index is 542. The molecule has 0 saturated heterocycles. The molecule has 6 nitrogen and oxygen atoms in total. The first kappa shape index (κ1) is 13.8. The molecule has 0 radical (unpaired) electrons. The van der Waals surface area contributed by atoms with Crippen molar-refractivity contribution < 1.29 is 18.3 Å². The molecule has 94 valence electrons. The summed E-state index contributed by atoms with van der Waals surface area (Å²) in [5.74, 6) is -1.26. The van der Waals surface area contributed by atoms with E-state index in [1.807, 2.05) is 0 Å². The number of halogens is 1. The number of hydrogen-bond acceptors (Lipinski definition) is 3. The Morgan fingerprint density at radius 2 is 2.00 bits per heavy atom. The number of carbonyl (C=O) groups is 1. The fraction of sp³-hybridized carbons (Fsp3) is 0.222. The first-order valence-corrected chi connectivity index (χ1v) is 6.29. The smallest absolute Gasteiger partial charge is 0.337 e. The van der Waals surface area contributed by atoms with E-state index in [0.717, 1.165) is 4.31 Å². The Labute approximate surface area is 104 Å². The minimum Gasteiger partial charge on any atom is -0.478 e. The van der Waals surface area contributed by atoms with E-state index in [0.29, 0.717) is 0 Å². The van der Waals surface area contributed by atoms with Crippen molar-refractivity contribution in [2.24, 2.45) is 0 Å². The predicted octanol–water partition coefficient (Wildman–Crippen LogP) is 1.26. The summed E-state index contributed by atoms with van der Waals surface area (Å²) in [6, 6.07) is 3.88.